The van der Waals surface area contributed by atoms with Crippen molar-refractivity contribution >= 4 is 5.91 Å². The van der Waals surface area contributed by atoms with Crippen molar-refractivity contribution in [3.63, 3.8) is 0 Å². The van der Waals surface area contributed by atoms with Crippen molar-refractivity contribution in [2.24, 2.45) is 22.5 Å². The lowest BCUT2D eigenvalue weighted by Crippen LogP contribution is -2.56. The van der Waals surface area contributed by atoms with Crippen LogP contribution in [0.15, 0.2) is 0 Å². The third-order valence-corrected chi connectivity index (χ3v) is 5.24. The van der Waals surface area contributed by atoms with Gasteiger partial charge in [-0.2, -0.15) is 0 Å². The fraction of sp³-hybridized carbons (Fsp3) is 0.929. The van der Waals surface area contributed by atoms with Gasteiger partial charge in [-0.05, 0) is 36.0 Å². The highest BCUT2D eigenvalue weighted by molar-refractivity contribution is 5.82. The van der Waals surface area contributed by atoms with Gasteiger partial charge >= 0.3 is 0 Å². The van der Waals surface area contributed by atoms with Crippen LogP contribution in [-0.4, -0.2) is 31.7 Å². The summed E-state index contributed by atoms with van der Waals surface area (Å²) in [5.74, 6) is 0.648. The molecule has 0 saturated heterocycles. The maximum absolute atomic E-state index is 12.1. The summed E-state index contributed by atoms with van der Waals surface area (Å²) in [4.78, 5) is 12.1. The summed E-state index contributed by atoms with van der Waals surface area (Å²) in [5, 5.41) is 3.18. The highest BCUT2D eigenvalue weighted by Crippen LogP contribution is 2.62. The topological polar surface area (TPSA) is 64.3 Å². The van der Waals surface area contributed by atoms with E-state index in [4.69, 9.17) is 10.5 Å². The van der Waals surface area contributed by atoms with Gasteiger partial charge in [-0.25, -0.2) is 0 Å². The molecule has 18 heavy (non-hydrogen) atoms. The Balaban J connectivity index is 2.07. The Kier molecular flexibility index (Phi) is 3.45. The molecule has 3 N–H and O–H groups in total. The van der Waals surface area contributed by atoms with Gasteiger partial charge in [0.25, 0.3) is 0 Å². The molecule has 0 aromatic heterocycles. The standard InChI is InChI=1S/C14H26N2O2/c1-13(2)9-5-6-14(3,7-9)12(13)16-11(17)10(15)8-18-4/h9-10,12H,5-8,15H2,1-4H3,(H,16,17). The summed E-state index contributed by atoms with van der Waals surface area (Å²) >= 11 is 0. The first kappa shape index (κ1) is 13.8. The van der Waals surface area contributed by atoms with E-state index < -0.39 is 6.04 Å². The van der Waals surface area contributed by atoms with Crippen molar-refractivity contribution in [3.8, 4) is 0 Å². The fourth-order valence-electron chi connectivity index (χ4n) is 4.17. The molecule has 2 aliphatic carbocycles. The van der Waals surface area contributed by atoms with Gasteiger partial charge < -0.3 is 15.8 Å². The van der Waals surface area contributed by atoms with Crippen LogP contribution in [0.5, 0.6) is 0 Å². The molecule has 0 aliphatic heterocycles. The number of carbonyl (C=O) groups excluding carboxylic acids is 1. The van der Waals surface area contributed by atoms with Crippen LogP contribution in [0.1, 0.15) is 40.0 Å². The van der Waals surface area contributed by atoms with Crippen LogP contribution < -0.4 is 11.1 Å². The second-order valence-electron chi connectivity index (χ2n) is 6.92. The van der Waals surface area contributed by atoms with E-state index in [2.05, 4.69) is 26.1 Å². The number of rotatable bonds is 4. The summed E-state index contributed by atoms with van der Waals surface area (Å²) in [6, 6.07) is -0.326. The SMILES string of the molecule is COCC(N)C(=O)NC1C2(C)CCC(C2)C1(C)C. The highest BCUT2D eigenvalue weighted by atomic mass is 16.5. The summed E-state index contributed by atoms with van der Waals surface area (Å²) in [6.07, 6.45) is 3.73. The quantitative estimate of drug-likeness (QED) is 0.794. The number of carbonyl (C=O) groups is 1. The van der Waals surface area contributed by atoms with Crippen LogP contribution in [-0.2, 0) is 9.53 Å². The zero-order valence-corrected chi connectivity index (χ0v) is 12.0. The number of amides is 1. The van der Waals surface area contributed by atoms with Gasteiger partial charge in [0, 0.05) is 13.2 Å². The Morgan fingerprint density at radius 2 is 2.17 bits per heavy atom. The molecule has 4 unspecified atom stereocenters. The molecule has 4 nitrogen and oxygen atoms in total. The number of fused-ring (bicyclic) bond motifs is 2. The molecule has 2 fully saturated rings. The minimum absolute atomic E-state index is 0.0799. The third-order valence-electron chi connectivity index (χ3n) is 5.24. The molecular weight excluding hydrogens is 228 g/mol. The molecule has 1 amide bonds. The monoisotopic (exact) mass is 254 g/mol. The number of methoxy groups -OCH3 is 1. The molecule has 0 spiro atoms. The zero-order valence-electron chi connectivity index (χ0n) is 12.0. The van der Waals surface area contributed by atoms with Crippen LogP contribution >= 0.6 is 0 Å². The Morgan fingerprint density at radius 3 is 2.67 bits per heavy atom. The van der Waals surface area contributed by atoms with Crippen LogP contribution in [0, 0.1) is 16.7 Å². The van der Waals surface area contributed by atoms with E-state index in [0.29, 0.717) is 0 Å². The van der Waals surface area contributed by atoms with Crippen molar-refractivity contribution in [2.45, 2.75) is 52.1 Å². The Hall–Kier alpha value is -0.610. The average molecular weight is 254 g/mol. The van der Waals surface area contributed by atoms with Crippen molar-refractivity contribution in [3.05, 3.63) is 0 Å². The van der Waals surface area contributed by atoms with Crippen LogP contribution in [0.4, 0.5) is 0 Å². The molecule has 2 rings (SSSR count). The van der Waals surface area contributed by atoms with Gasteiger partial charge in [0.1, 0.15) is 6.04 Å². The molecule has 4 atom stereocenters. The maximum Gasteiger partial charge on any atom is 0.239 e. The Labute approximate surface area is 110 Å². The molecular formula is C14H26N2O2. The number of nitrogens with one attached hydrogen (secondary N) is 1. The van der Waals surface area contributed by atoms with E-state index in [1.165, 1.54) is 19.3 Å². The van der Waals surface area contributed by atoms with E-state index in [9.17, 15) is 4.79 Å². The minimum atomic E-state index is -0.562. The molecule has 0 heterocycles. The number of ether oxygens (including phenoxy) is 1. The summed E-state index contributed by atoms with van der Waals surface area (Å²) in [5.41, 5.74) is 6.22. The second-order valence-corrected chi connectivity index (χ2v) is 6.92. The number of hydrogen-bond donors (Lipinski definition) is 2. The molecule has 2 aliphatic rings. The summed E-state index contributed by atoms with van der Waals surface area (Å²) in [6.45, 7) is 7.12. The zero-order chi connectivity index (χ0) is 13.6. The van der Waals surface area contributed by atoms with E-state index in [1.54, 1.807) is 7.11 Å². The van der Waals surface area contributed by atoms with Crippen LogP contribution in [0.2, 0.25) is 0 Å². The van der Waals surface area contributed by atoms with Gasteiger partial charge in [0.15, 0.2) is 0 Å². The summed E-state index contributed by atoms with van der Waals surface area (Å²) < 4.78 is 4.94. The molecule has 2 saturated carbocycles. The highest BCUT2D eigenvalue weighted by Gasteiger charge is 2.59. The van der Waals surface area contributed by atoms with E-state index in [-0.39, 0.29) is 29.4 Å². The van der Waals surface area contributed by atoms with Gasteiger partial charge in [-0.3, -0.25) is 4.79 Å². The van der Waals surface area contributed by atoms with Crippen molar-refractivity contribution in [1.29, 1.82) is 0 Å². The molecule has 0 aromatic rings. The third kappa shape index (κ3) is 2.05. The fourth-order valence-corrected chi connectivity index (χ4v) is 4.17. The van der Waals surface area contributed by atoms with Crippen LogP contribution in [0.3, 0.4) is 0 Å². The molecule has 0 radical (unpaired) electrons. The van der Waals surface area contributed by atoms with Crippen molar-refractivity contribution in [1.82, 2.24) is 5.32 Å². The molecule has 2 bridgehead atoms. The lowest BCUT2D eigenvalue weighted by molar-refractivity contribution is -0.126. The van der Waals surface area contributed by atoms with Gasteiger partial charge in [0.2, 0.25) is 5.91 Å². The normalized spacial score (nSPS) is 38.7. The number of hydrogen-bond acceptors (Lipinski definition) is 3. The average Bonchev–Trinajstić information content (AvgIpc) is 2.75. The lowest BCUT2D eigenvalue weighted by atomic mass is 9.68. The van der Waals surface area contributed by atoms with Gasteiger partial charge in [-0.15, -0.1) is 0 Å². The first-order valence-electron chi connectivity index (χ1n) is 6.86. The van der Waals surface area contributed by atoms with E-state index in [1.807, 2.05) is 0 Å². The first-order valence-corrected chi connectivity index (χ1v) is 6.86. The minimum Gasteiger partial charge on any atom is -0.383 e. The predicted octanol–water partition coefficient (Wildman–Crippen LogP) is 1.29. The van der Waals surface area contributed by atoms with E-state index in [0.717, 1.165) is 5.92 Å². The van der Waals surface area contributed by atoms with Crippen molar-refractivity contribution < 1.29 is 9.53 Å². The van der Waals surface area contributed by atoms with Crippen molar-refractivity contribution in [2.75, 3.05) is 13.7 Å². The van der Waals surface area contributed by atoms with Gasteiger partial charge in [0.05, 0.1) is 6.61 Å². The Morgan fingerprint density at radius 1 is 1.50 bits per heavy atom. The smallest absolute Gasteiger partial charge is 0.239 e. The first-order chi connectivity index (χ1) is 8.31. The maximum atomic E-state index is 12.1. The van der Waals surface area contributed by atoms with Crippen LogP contribution in [0.25, 0.3) is 0 Å². The summed E-state index contributed by atoms with van der Waals surface area (Å²) in [7, 11) is 1.57. The molecule has 4 heteroatoms. The largest absolute Gasteiger partial charge is 0.383 e. The predicted molar refractivity (Wildman–Crippen MR) is 71.0 cm³/mol. The van der Waals surface area contributed by atoms with E-state index >= 15 is 0 Å². The number of nitrogens with two attached hydrogens (primary N) is 1. The molecule has 0 aromatic carbocycles. The lowest BCUT2D eigenvalue weighted by Gasteiger charge is -2.43. The molecule has 104 valence electrons. The van der Waals surface area contributed by atoms with Gasteiger partial charge in [-0.1, -0.05) is 20.8 Å². The second kappa shape index (κ2) is 4.49. The Bertz CT molecular complexity index is 338.